The van der Waals surface area contributed by atoms with Gasteiger partial charge in [0.15, 0.2) is 0 Å². The molecule has 0 amide bonds. The van der Waals surface area contributed by atoms with Gasteiger partial charge >= 0.3 is 0 Å². The predicted octanol–water partition coefficient (Wildman–Crippen LogP) is 5.45. The van der Waals surface area contributed by atoms with Gasteiger partial charge in [-0.2, -0.15) is 0 Å². The molecule has 0 aliphatic rings. The highest BCUT2D eigenvalue weighted by Gasteiger charge is 2.15. The zero-order chi connectivity index (χ0) is 13.7. The van der Waals surface area contributed by atoms with Crippen molar-refractivity contribution in [2.24, 2.45) is 0 Å². The Morgan fingerprint density at radius 3 is 2.63 bits per heavy atom. The normalized spacial score (nSPS) is 12.6. The highest BCUT2D eigenvalue weighted by atomic mass is 79.9. The molecule has 19 heavy (non-hydrogen) atoms. The number of rotatable bonds is 6. The van der Waals surface area contributed by atoms with Gasteiger partial charge in [0.2, 0.25) is 0 Å². The quantitative estimate of drug-likeness (QED) is 0.724. The zero-order valence-corrected chi connectivity index (χ0v) is 14.0. The fraction of sp³-hybridized carbons (Fsp3) is 0.333. The lowest BCUT2D eigenvalue weighted by Gasteiger charge is -2.17. The third kappa shape index (κ3) is 4.32. The fourth-order valence-corrected chi connectivity index (χ4v) is 3.80. The Morgan fingerprint density at radius 1 is 1.32 bits per heavy atom. The highest BCUT2D eigenvalue weighted by Crippen LogP contribution is 2.36. The number of benzene rings is 1. The Morgan fingerprint density at radius 2 is 2.05 bits per heavy atom. The van der Waals surface area contributed by atoms with Gasteiger partial charge in [-0.25, -0.2) is 0 Å². The second-order valence-corrected chi connectivity index (χ2v) is 7.28. The molecule has 1 heterocycles. The summed E-state index contributed by atoms with van der Waals surface area (Å²) < 4.78 is 1.01. The first kappa shape index (κ1) is 15.0. The van der Waals surface area contributed by atoms with E-state index in [1.165, 1.54) is 10.4 Å². The maximum Gasteiger partial charge on any atom is 0.0887 e. The van der Waals surface area contributed by atoms with E-state index in [2.05, 4.69) is 64.6 Å². The third-order valence-electron chi connectivity index (χ3n) is 2.93. The molecule has 1 nitrogen and oxygen atoms in total. The molecular formula is C15H17BrClNS. The molecule has 1 aromatic carbocycles. The monoisotopic (exact) mass is 357 g/mol. The standard InChI is InChI=1S/C15H17BrClNS/c1-2-8-18-13(9-11-6-4-3-5-7-11)14-10-12(17)15(16)19-14/h3-7,10,13,18H,2,8-9H2,1H3. The van der Waals surface area contributed by atoms with E-state index in [9.17, 15) is 0 Å². The van der Waals surface area contributed by atoms with Gasteiger partial charge in [0.25, 0.3) is 0 Å². The van der Waals surface area contributed by atoms with Crippen molar-refractivity contribution in [2.75, 3.05) is 6.54 Å². The molecule has 0 radical (unpaired) electrons. The molecule has 0 saturated carbocycles. The van der Waals surface area contributed by atoms with E-state index in [0.29, 0.717) is 6.04 Å². The SMILES string of the molecule is CCCNC(Cc1ccccc1)c1cc(Cl)c(Br)s1. The van der Waals surface area contributed by atoms with Crippen LogP contribution in [0.1, 0.15) is 29.8 Å². The number of halogens is 2. The van der Waals surface area contributed by atoms with Crippen LogP contribution in [0.5, 0.6) is 0 Å². The number of hydrogen-bond acceptors (Lipinski definition) is 2. The molecule has 1 unspecified atom stereocenters. The average molecular weight is 359 g/mol. The van der Waals surface area contributed by atoms with E-state index in [4.69, 9.17) is 11.6 Å². The minimum Gasteiger partial charge on any atom is -0.309 e. The molecule has 1 atom stereocenters. The molecule has 0 spiro atoms. The first-order valence-electron chi connectivity index (χ1n) is 6.42. The van der Waals surface area contributed by atoms with Crippen molar-refractivity contribution in [1.29, 1.82) is 0 Å². The Hall–Kier alpha value is -0.350. The van der Waals surface area contributed by atoms with Crippen molar-refractivity contribution in [3.63, 3.8) is 0 Å². The minimum absolute atomic E-state index is 0.330. The molecule has 4 heteroatoms. The molecule has 2 aromatic rings. The summed E-state index contributed by atoms with van der Waals surface area (Å²) in [7, 11) is 0. The van der Waals surface area contributed by atoms with E-state index in [-0.39, 0.29) is 0 Å². The summed E-state index contributed by atoms with van der Waals surface area (Å²) in [6.07, 6.45) is 2.12. The number of hydrogen-bond donors (Lipinski definition) is 1. The fourth-order valence-electron chi connectivity index (χ4n) is 1.98. The topological polar surface area (TPSA) is 12.0 Å². The lowest BCUT2D eigenvalue weighted by molar-refractivity contribution is 0.536. The summed E-state index contributed by atoms with van der Waals surface area (Å²) in [5.41, 5.74) is 1.34. The van der Waals surface area contributed by atoms with Crippen LogP contribution in [0.25, 0.3) is 0 Å². The van der Waals surface area contributed by atoms with Gasteiger partial charge in [-0.15, -0.1) is 11.3 Å². The largest absolute Gasteiger partial charge is 0.309 e. The van der Waals surface area contributed by atoms with Gasteiger partial charge in [-0.05, 0) is 46.9 Å². The maximum atomic E-state index is 6.15. The van der Waals surface area contributed by atoms with Crippen molar-refractivity contribution in [1.82, 2.24) is 5.32 Å². The van der Waals surface area contributed by atoms with Crippen LogP contribution < -0.4 is 5.32 Å². The highest BCUT2D eigenvalue weighted by molar-refractivity contribution is 9.11. The summed E-state index contributed by atoms with van der Waals surface area (Å²) >= 11 is 11.4. The summed E-state index contributed by atoms with van der Waals surface area (Å²) in [5, 5.41) is 4.41. The lowest BCUT2D eigenvalue weighted by atomic mass is 10.0. The number of nitrogens with one attached hydrogen (secondary N) is 1. The van der Waals surface area contributed by atoms with Gasteiger partial charge in [-0.1, -0.05) is 48.9 Å². The Kier molecular flexibility index (Phi) is 5.89. The first-order chi connectivity index (χ1) is 9.20. The molecule has 0 fully saturated rings. The van der Waals surface area contributed by atoms with Gasteiger partial charge in [0.05, 0.1) is 8.81 Å². The van der Waals surface area contributed by atoms with E-state index < -0.39 is 0 Å². The molecule has 0 aliphatic heterocycles. The number of thiophene rings is 1. The van der Waals surface area contributed by atoms with Gasteiger partial charge in [0, 0.05) is 10.9 Å². The van der Waals surface area contributed by atoms with Crippen LogP contribution in [0.4, 0.5) is 0 Å². The van der Waals surface area contributed by atoms with Crippen molar-refractivity contribution in [3.05, 3.63) is 55.6 Å². The Labute approximate surface area is 132 Å². The first-order valence-corrected chi connectivity index (χ1v) is 8.41. The van der Waals surface area contributed by atoms with Crippen LogP contribution in [-0.4, -0.2) is 6.54 Å². The van der Waals surface area contributed by atoms with E-state index in [0.717, 1.165) is 28.2 Å². The molecule has 0 saturated heterocycles. The summed E-state index contributed by atoms with van der Waals surface area (Å²) in [4.78, 5) is 1.29. The second kappa shape index (κ2) is 7.44. The molecule has 102 valence electrons. The van der Waals surface area contributed by atoms with Crippen molar-refractivity contribution >= 4 is 38.9 Å². The van der Waals surface area contributed by atoms with Crippen LogP contribution in [-0.2, 0) is 6.42 Å². The van der Waals surface area contributed by atoms with E-state index in [1.54, 1.807) is 11.3 Å². The van der Waals surface area contributed by atoms with Crippen LogP contribution >= 0.6 is 38.9 Å². The molecule has 0 aliphatic carbocycles. The van der Waals surface area contributed by atoms with Crippen LogP contribution in [0.15, 0.2) is 40.2 Å². The lowest BCUT2D eigenvalue weighted by Crippen LogP contribution is -2.23. The van der Waals surface area contributed by atoms with Crippen LogP contribution in [0.2, 0.25) is 5.02 Å². The van der Waals surface area contributed by atoms with E-state index >= 15 is 0 Å². The van der Waals surface area contributed by atoms with Gasteiger partial charge < -0.3 is 5.32 Å². The Bertz CT molecular complexity index is 493. The predicted molar refractivity (Wildman–Crippen MR) is 88.2 cm³/mol. The molecule has 1 aromatic heterocycles. The summed E-state index contributed by atoms with van der Waals surface area (Å²) in [5.74, 6) is 0. The van der Waals surface area contributed by atoms with Crippen LogP contribution in [0.3, 0.4) is 0 Å². The summed E-state index contributed by atoms with van der Waals surface area (Å²) in [6.45, 7) is 3.20. The van der Waals surface area contributed by atoms with E-state index in [1.807, 2.05) is 0 Å². The summed E-state index contributed by atoms with van der Waals surface area (Å²) in [6, 6.07) is 13.0. The average Bonchev–Trinajstić information content (AvgIpc) is 2.76. The zero-order valence-electron chi connectivity index (χ0n) is 10.8. The second-order valence-electron chi connectivity index (χ2n) is 4.47. The van der Waals surface area contributed by atoms with Crippen molar-refractivity contribution in [3.8, 4) is 0 Å². The minimum atomic E-state index is 0.330. The van der Waals surface area contributed by atoms with Crippen LogP contribution in [0, 0.1) is 0 Å². The Balaban J connectivity index is 2.15. The molecular weight excluding hydrogens is 342 g/mol. The molecule has 2 rings (SSSR count). The maximum absolute atomic E-state index is 6.15. The smallest absolute Gasteiger partial charge is 0.0887 e. The van der Waals surface area contributed by atoms with Gasteiger partial charge in [-0.3, -0.25) is 0 Å². The third-order valence-corrected chi connectivity index (χ3v) is 5.52. The molecule has 1 N–H and O–H groups in total. The molecule has 0 bridgehead atoms. The van der Waals surface area contributed by atoms with Gasteiger partial charge in [0.1, 0.15) is 0 Å². The van der Waals surface area contributed by atoms with Crippen molar-refractivity contribution in [2.45, 2.75) is 25.8 Å². The van der Waals surface area contributed by atoms with Crippen molar-refractivity contribution < 1.29 is 0 Å².